The summed E-state index contributed by atoms with van der Waals surface area (Å²) >= 11 is 6.04. The maximum Gasteiger partial charge on any atom is 0.254 e. The summed E-state index contributed by atoms with van der Waals surface area (Å²) < 4.78 is 16.5. The Morgan fingerprint density at radius 2 is 1.96 bits per heavy atom. The van der Waals surface area contributed by atoms with E-state index in [9.17, 15) is 9.90 Å². The maximum atomic E-state index is 13.3. The average Bonchev–Trinajstić information content (AvgIpc) is 2.72. The number of amides is 1. The first-order valence-corrected chi connectivity index (χ1v) is 9.39. The Morgan fingerprint density at radius 3 is 2.61 bits per heavy atom. The Labute approximate surface area is 169 Å². The van der Waals surface area contributed by atoms with Gasteiger partial charge in [-0.1, -0.05) is 17.7 Å². The van der Waals surface area contributed by atoms with E-state index >= 15 is 0 Å². The number of rotatable bonds is 5. The van der Waals surface area contributed by atoms with Gasteiger partial charge in [-0.05, 0) is 48.4 Å². The molecule has 2 aromatic carbocycles. The summed E-state index contributed by atoms with van der Waals surface area (Å²) in [6.45, 7) is 2.42. The van der Waals surface area contributed by atoms with Gasteiger partial charge in [0, 0.05) is 17.1 Å². The van der Waals surface area contributed by atoms with Crippen LogP contribution < -0.4 is 9.47 Å². The Kier molecular flexibility index (Phi) is 6.44. The van der Waals surface area contributed by atoms with Gasteiger partial charge in [-0.3, -0.25) is 4.79 Å². The first kappa shape index (κ1) is 20.5. The molecule has 2 unspecified atom stereocenters. The summed E-state index contributed by atoms with van der Waals surface area (Å²) in [5.74, 6) is 1.02. The van der Waals surface area contributed by atoms with Crippen LogP contribution in [0, 0.1) is 6.92 Å². The van der Waals surface area contributed by atoms with Crippen LogP contribution in [0.5, 0.6) is 11.5 Å². The maximum absolute atomic E-state index is 13.3. The van der Waals surface area contributed by atoms with Gasteiger partial charge in [-0.2, -0.15) is 0 Å². The topological polar surface area (TPSA) is 68.2 Å². The number of methoxy groups -OCH3 is 2. The molecule has 3 rings (SSSR count). The molecule has 0 spiro atoms. The number of benzene rings is 2. The van der Waals surface area contributed by atoms with E-state index in [4.69, 9.17) is 25.8 Å². The number of ether oxygens (including phenoxy) is 3. The number of hydrogen-bond donors (Lipinski definition) is 1. The van der Waals surface area contributed by atoms with Crippen LogP contribution in [0.2, 0.25) is 5.02 Å². The highest BCUT2D eigenvalue weighted by Crippen LogP contribution is 2.36. The second-order valence-corrected chi connectivity index (χ2v) is 7.05. The molecule has 2 atom stereocenters. The molecule has 1 aliphatic rings. The van der Waals surface area contributed by atoms with E-state index in [1.807, 2.05) is 19.1 Å². The second-order valence-electron chi connectivity index (χ2n) is 6.61. The van der Waals surface area contributed by atoms with Gasteiger partial charge in [0.25, 0.3) is 5.91 Å². The van der Waals surface area contributed by atoms with Gasteiger partial charge in [0.05, 0.1) is 33.5 Å². The third kappa shape index (κ3) is 3.94. The normalized spacial score (nSPS) is 19.4. The zero-order valence-electron chi connectivity index (χ0n) is 16.1. The Balaban J connectivity index is 2.02. The van der Waals surface area contributed by atoms with Crippen LogP contribution in [0.25, 0.3) is 0 Å². The van der Waals surface area contributed by atoms with E-state index in [1.54, 1.807) is 43.4 Å². The molecule has 1 N–H and O–H groups in total. The first-order valence-electron chi connectivity index (χ1n) is 9.01. The van der Waals surface area contributed by atoms with Gasteiger partial charge in [0.2, 0.25) is 0 Å². The lowest BCUT2D eigenvalue weighted by Crippen LogP contribution is -2.49. The fraction of sp³-hybridized carbons (Fsp3) is 0.381. The van der Waals surface area contributed by atoms with Crippen molar-refractivity contribution in [1.82, 2.24) is 4.90 Å². The van der Waals surface area contributed by atoms with Crippen molar-refractivity contribution >= 4 is 17.5 Å². The molecule has 1 saturated heterocycles. The second kappa shape index (κ2) is 8.82. The number of aryl methyl sites for hydroxylation is 1. The smallest absolute Gasteiger partial charge is 0.254 e. The first-order chi connectivity index (χ1) is 13.5. The SMILES string of the molecule is COc1ccc(C2C(CO)OCCN2C(=O)c2ccc(Cl)cc2C)cc1OC. The molecule has 1 fully saturated rings. The fourth-order valence-electron chi connectivity index (χ4n) is 3.57. The minimum Gasteiger partial charge on any atom is -0.493 e. The Bertz CT molecular complexity index is 857. The van der Waals surface area contributed by atoms with Crippen molar-refractivity contribution in [1.29, 1.82) is 0 Å². The zero-order valence-corrected chi connectivity index (χ0v) is 16.9. The molecule has 0 bridgehead atoms. The van der Waals surface area contributed by atoms with Gasteiger partial charge in [0.1, 0.15) is 6.10 Å². The van der Waals surface area contributed by atoms with Crippen LogP contribution in [0.15, 0.2) is 36.4 Å². The number of carbonyl (C=O) groups is 1. The Hall–Kier alpha value is -2.28. The largest absolute Gasteiger partial charge is 0.493 e. The van der Waals surface area contributed by atoms with Crippen LogP contribution in [0.4, 0.5) is 0 Å². The molecule has 150 valence electrons. The molecule has 7 heteroatoms. The number of morpholine rings is 1. The number of carbonyl (C=O) groups excluding carboxylic acids is 1. The summed E-state index contributed by atoms with van der Waals surface area (Å²) in [5.41, 5.74) is 2.18. The van der Waals surface area contributed by atoms with Crippen molar-refractivity contribution in [3.8, 4) is 11.5 Å². The van der Waals surface area contributed by atoms with E-state index < -0.39 is 12.1 Å². The fourth-order valence-corrected chi connectivity index (χ4v) is 3.79. The van der Waals surface area contributed by atoms with E-state index in [2.05, 4.69) is 0 Å². The number of nitrogens with zero attached hydrogens (tertiary/aromatic N) is 1. The molecule has 0 radical (unpaired) electrons. The lowest BCUT2D eigenvalue weighted by Gasteiger charge is -2.41. The van der Waals surface area contributed by atoms with Gasteiger partial charge < -0.3 is 24.2 Å². The molecule has 6 nitrogen and oxygen atoms in total. The molecular formula is C21H24ClNO5. The molecule has 2 aromatic rings. The van der Waals surface area contributed by atoms with Crippen molar-refractivity contribution in [2.45, 2.75) is 19.1 Å². The quantitative estimate of drug-likeness (QED) is 0.827. The summed E-state index contributed by atoms with van der Waals surface area (Å²) in [4.78, 5) is 15.1. The van der Waals surface area contributed by atoms with Gasteiger partial charge in [-0.25, -0.2) is 0 Å². The van der Waals surface area contributed by atoms with Gasteiger partial charge in [-0.15, -0.1) is 0 Å². The summed E-state index contributed by atoms with van der Waals surface area (Å²) in [5, 5.41) is 10.5. The molecule has 0 saturated carbocycles. The highest BCUT2D eigenvalue weighted by atomic mass is 35.5. The monoisotopic (exact) mass is 405 g/mol. The lowest BCUT2D eigenvalue weighted by molar-refractivity contribution is -0.0812. The third-order valence-corrected chi connectivity index (χ3v) is 5.20. The molecular weight excluding hydrogens is 382 g/mol. The minimum absolute atomic E-state index is 0.129. The van der Waals surface area contributed by atoms with Gasteiger partial charge >= 0.3 is 0 Å². The lowest BCUT2D eigenvalue weighted by atomic mass is 9.96. The van der Waals surface area contributed by atoms with Crippen molar-refractivity contribution in [3.63, 3.8) is 0 Å². The minimum atomic E-state index is -0.539. The van der Waals surface area contributed by atoms with Gasteiger partial charge in [0.15, 0.2) is 11.5 Å². The molecule has 1 heterocycles. The van der Waals surface area contributed by atoms with Crippen molar-refractivity contribution in [3.05, 3.63) is 58.1 Å². The number of aliphatic hydroxyl groups excluding tert-OH is 1. The van der Waals surface area contributed by atoms with E-state index in [0.29, 0.717) is 35.2 Å². The van der Waals surface area contributed by atoms with Crippen molar-refractivity contribution in [2.24, 2.45) is 0 Å². The molecule has 0 aromatic heterocycles. The highest BCUT2D eigenvalue weighted by Gasteiger charge is 2.37. The predicted molar refractivity (Wildman–Crippen MR) is 106 cm³/mol. The van der Waals surface area contributed by atoms with Crippen LogP contribution in [0.1, 0.15) is 27.5 Å². The molecule has 1 amide bonds. The van der Waals surface area contributed by atoms with Crippen LogP contribution >= 0.6 is 11.6 Å². The third-order valence-electron chi connectivity index (χ3n) is 4.96. The average molecular weight is 406 g/mol. The predicted octanol–water partition coefficient (Wildman–Crippen LogP) is 3.24. The highest BCUT2D eigenvalue weighted by molar-refractivity contribution is 6.30. The molecule has 1 aliphatic heterocycles. The number of halogens is 1. The number of aliphatic hydroxyl groups is 1. The van der Waals surface area contributed by atoms with Crippen molar-refractivity contribution in [2.75, 3.05) is 34.0 Å². The zero-order chi connectivity index (χ0) is 20.3. The van der Waals surface area contributed by atoms with Crippen molar-refractivity contribution < 1.29 is 24.1 Å². The van der Waals surface area contributed by atoms with Crippen LogP contribution in [0.3, 0.4) is 0 Å². The summed E-state index contributed by atoms with van der Waals surface area (Å²) in [7, 11) is 3.12. The van der Waals surface area contributed by atoms with Crippen LogP contribution in [-0.4, -0.2) is 56.0 Å². The van der Waals surface area contributed by atoms with E-state index in [-0.39, 0.29) is 12.5 Å². The van der Waals surface area contributed by atoms with E-state index in [0.717, 1.165) is 11.1 Å². The standard InChI is InChI=1S/C21H24ClNO5/c1-13-10-15(22)5-6-16(13)21(25)23-8-9-28-19(12-24)20(23)14-4-7-17(26-2)18(11-14)27-3/h4-7,10-11,19-20,24H,8-9,12H2,1-3H3. The van der Waals surface area contributed by atoms with E-state index in [1.165, 1.54) is 0 Å². The Morgan fingerprint density at radius 1 is 1.21 bits per heavy atom. The van der Waals surface area contributed by atoms with Crippen LogP contribution in [-0.2, 0) is 4.74 Å². The summed E-state index contributed by atoms with van der Waals surface area (Å²) in [6, 6.07) is 10.2. The number of hydrogen-bond acceptors (Lipinski definition) is 5. The molecule has 0 aliphatic carbocycles. The summed E-state index contributed by atoms with van der Waals surface area (Å²) in [6.07, 6.45) is -0.539. The molecule has 28 heavy (non-hydrogen) atoms.